The van der Waals surface area contributed by atoms with Crippen molar-refractivity contribution in [3.8, 4) is 0 Å². The molecule has 1 heterocycles. The van der Waals surface area contributed by atoms with E-state index >= 15 is 0 Å². The van der Waals surface area contributed by atoms with E-state index in [1.54, 1.807) is 0 Å². The summed E-state index contributed by atoms with van der Waals surface area (Å²) in [6.45, 7) is 0. The van der Waals surface area contributed by atoms with Gasteiger partial charge in [-0.1, -0.05) is 0 Å². The molecule has 1 aliphatic rings. The second kappa shape index (κ2) is 6.07. The number of sulfone groups is 1. The Hall–Kier alpha value is -0.530. The van der Waals surface area contributed by atoms with E-state index in [9.17, 15) is 17.2 Å². The van der Waals surface area contributed by atoms with Gasteiger partial charge in [0.2, 0.25) is 0 Å². The molecule has 0 radical (unpaired) electrons. The third kappa shape index (κ3) is 3.77. The topological polar surface area (TPSA) is 60.2 Å². The summed E-state index contributed by atoms with van der Waals surface area (Å²) in [5, 5.41) is 0. The molecule has 0 bridgehead atoms. The summed E-state index contributed by atoms with van der Waals surface area (Å²) < 4.78 is 50.4. The molecule has 0 amide bonds. The molecule has 20 heavy (non-hydrogen) atoms. The van der Waals surface area contributed by atoms with Gasteiger partial charge in [0.05, 0.1) is 16.0 Å². The SMILES string of the molecule is NC(Cc1c(F)ccc(Br)c1F)CC1CCS(=O)(=O)C1. The first kappa shape index (κ1) is 15.9. The van der Waals surface area contributed by atoms with E-state index in [2.05, 4.69) is 15.9 Å². The Labute approximate surface area is 125 Å². The van der Waals surface area contributed by atoms with Gasteiger partial charge in [-0.3, -0.25) is 0 Å². The van der Waals surface area contributed by atoms with E-state index in [0.29, 0.717) is 12.8 Å². The van der Waals surface area contributed by atoms with Crippen molar-refractivity contribution in [1.29, 1.82) is 0 Å². The number of hydrogen-bond donors (Lipinski definition) is 1. The lowest BCUT2D eigenvalue weighted by atomic mass is 9.95. The van der Waals surface area contributed by atoms with E-state index in [1.165, 1.54) is 12.1 Å². The fraction of sp³-hybridized carbons (Fsp3) is 0.538. The zero-order valence-corrected chi connectivity index (χ0v) is 13.2. The normalized spacial score (nSPS) is 22.9. The Balaban J connectivity index is 2.02. The first-order valence-electron chi connectivity index (χ1n) is 6.37. The third-order valence-electron chi connectivity index (χ3n) is 3.57. The van der Waals surface area contributed by atoms with Gasteiger partial charge in [0.15, 0.2) is 9.84 Å². The number of halogens is 3. The highest BCUT2D eigenvalue weighted by atomic mass is 79.9. The van der Waals surface area contributed by atoms with Gasteiger partial charge in [-0.25, -0.2) is 17.2 Å². The lowest BCUT2D eigenvalue weighted by Crippen LogP contribution is -2.27. The summed E-state index contributed by atoms with van der Waals surface area (Å²) in [7, 11) is -2.95. The van der Waals surface area contributed by atoms with Crippen molar-refractivity contribution in [3.63, 3.8) is 0 Å². The zero-order chi connectivity index (χ0) is 14.9. The van der Waals surface area contributed by atoms with E-state index in [-0.39, 0.29) is 33.9 Å². The molecule has 2 atom stereocenters. The Bertz CT molecular complexity index is 607. The molecule has 112 valence electrons. The maximum atomic E-state index is 13.8. The van der Waals surface area contributed by atoms with E-state index in [0.717, 1.165) is 0 Å². The minimum absolute atomic E-state index is 0.00623. The molecule has 2 rings (SSSR count). The van der Waals surface area contributed by atoms with Gasteiger partial charge in [-0.05, 0) is 53.2 Å². The molecule has 2 unspecified atom stereocenters. The van der Waals surface area contributed by atoms with Crippen LogP contribution in [0.3, 0.4) is 0 Å². The van der Waals surface area contributed by atoms with Crippen LogP contribution in [-0.2, 0) is 16.3 Å². The Morgan fingerprint density at radius 1 is 1.40 bits per heavy atom. The van der Waals surface area contributed by atoms with Crippen LogP contribution in [0.25, 0.3) is 0 Å². The van der Waals surface area contributed by atoms with Crippen molar-refractivity contribution in [2.75, 3.05) is 11.5 Å². The monoisotopic (exact) mass is 367 g/mol. The Morgan fingerprint density at radius 2 is 2.10 bits per heavy atom. The molecule has 1 fully saturated rings. The average Bonchev–Trinajstić information content (AvgIpc) is 2.69. The molecular formula is C13H16BrF2NO2S. The second-order valence-electron chi connectivity index (χ2n) is 5.29. The quantitative estimate of drug-likeness (QED) is 0.831. The zero-order valence-electron chi connectivity index (χ0n) is 10.8. The van der Waals surface area contributed by atoms with Crippen LogP contribution in [-0.4, -0.2) is 26.0 Å². The fourth-order valence-corrected chi connectivity index (χ4v) is 4.84. The molecule has 0 aliphatic carbocycles. The fourth-order valence-electron chi connectivity index (χ4n) is 2.59. The second-order valence-corrected chi connectivity index (χ2v) is 8.37. The molecule has 0 aromatic heterocycles. The van der Waals surface area contributed by atoms with Gasteiger partial charge < -0.3 is 5.73 Å². The van der Waals surface area contributed by atoms with Crippen LogP contribution >= 0.6 is 15.9 Å². The largest absolute Gasteiger partial charge is 0.327 e. The number of nitrogens with two attached hydrogens (primary N) is 1. The van der Waals surface area contributed by atoms with Crippen LogP contribution in [0.5, 0.6) is 0 Å². The lowest BCUT2D eigenvalue weighted by Gasteiger charge is -2.16. The predicted octanol–water partition coefficient (Wildman–Crippen LogP) is 2.42. The van der Waals surface area contributed by atoms with Gasteiger partial charge in [-0.15, -0.1) is 0 Å². The van der Waals surface area contributed by atoms with Crippen molar-refractivity contribution in [3.05, 3.63) is 33.8 Å². The van der Waals surface area contributed by atoms with Crippen LogP contribution in [0.15, 0.2) is 16.6 Å². The molecule has 3 nitrogen and oxygen atoms in total. The maximum Gasteiger partial charge on any atom is 0.150 e. The van der Waals surface area contributed by atoms with E-state index in [1.807, 2.05) is 0 Å². The molecule has 1 saturated heterocycles. The lowest BCUT2D eigenvalue weighted by molar-refractivity contribution is 0.453. The minimum atomic E-state index is -2.95. The highest BCUT2D eigenvalue weighted by Gasteiger charge is 2.29. The van der Waals surface area contributed by atoms with E-state index in [4.69, 9.17) is 5.73 Å². The summed E-state index contributed by atoms with van der Waals surface area (Å²) >= 11 is 3.01. The van der Waals surface area contributed by atoms with Crippen LogP contribution in [0.1, 0.15) is 18.4 Å². The van der Waals surface area contributed by atoms with Crippen LogP contribution in [0, 0.1) is 17.6 Å². The van der Waals surface area contributed by atoms with Gasteiger partial charge in [0.1, 0.15) is 11.6 Å². The van der Waals surface area contributed by atoms with E-state index < -0.39 is 27.5 Å². The summed E-state index contributed by atoms with van der Waals surface area (Å²) in [6, 6.07) is 2.05. The maximum absolute atomic E-state index is 13.8. The molecule has 0 spiro atoms. The van der Waals surface area contributed by atoms with Crippen LogP contribution in [0.4, 0.5) is 8.78 Å². The Morgan fingerprint density at radius 3 is 2.70 bits per heavy atom. The number of hydrogen-bond acceptors (Lipinski definition) is 3. The summed E-state index contributed by atoms with van der Waals surface area (Å²) in [5.74, 6) is -0.957. The Kier molecular flexibility index (Phi) is 4.81. The molecule has 7 heteroatoms. The van der Waals surface area contributed by atoms with Gasteiger partial charge in [0, 0.05) is 11.6 Å². The molecule has 0 saturated carbocycles. The summed E-state index contributed by atoms with van der Waals surface area (Å²) in [6.07, 6.45) is 1.11. The highest BCUT2D eigenvalue weighted by Crippen LogP contribution is 2.26. The predicted molar refractivity (Wildman–Crippen MR) is 77.1 cm³/mol. The van der Waals surface area contributed by atoms with Crippen molar-refractivity contribution in [2.24, 2.45) is 11.7 Å². The van der Waals surface area contributed by atoms with Gasteiger partial charge in [-0.2, -0.15) is 0 Å². The summed E-state index contributed by atoms with van der Waals surface area (Å²) in [5.41, 5.74) is 5.87. The average molecular weight is 368 g/mol. The van der Waals surface area contributed by atoms with Crippen molar-refractivity contribution in [1.82, 2.24) is 0 Å². The molecule has 1 aromatic rings. The van der Waals surface area contributed by atoms with Crippen molar-refractivity contribution < 1.29 is 17.2 Å². The molecular weight excluding hydrogens is 352 g/mol. The van der Waals surface area contributed by atoms with Crippen LogP contribution in [0.2, 0.25) is 0 Å². The number of benzene rings is 1. The van der Waals surface area contributed by atoms with Crippen LogP contribution < -0.4 is 5.73 Å². The summed E-state index contributed by atoms with van der Waals surface area (Å²) in [4.78, 5) is 0. The first-order valence-corrected chi connectivity index (χ1v) is 8.98. The smallest absolute Gasteiger partial charge is 0.150 e. The van der Waals surface area contributed by atoms with Crippen molar-refractivity contribution in [2.45, 2.75) is 25.3 Å². The van der Waals surface area contributed by atoms with Gasteiger partial charge in [0.25, 0.3) is 0 Å². The number of rotatable bonds is 4. The standard InChI is InChI=1S/C13H16BrF2NO2S/c14-11-1-2-12(15)10(13(11)16)6-9(17)5-8-3-4-20(18,19)7-8/h1-2,8-9H,3-7,17H2. The van der Waals surface area contributed by atoms with Crippen molar-refractivity contribution >= 4 is 25.8 Å². The molecule has 2 N–H and O–H groups in total. The minimum Gasteiger partial charge on any atom is -0.327 e. The van der Waals surface area contributed by atoms with Gasteiger partial charge >= 0.3 is 0 Å². The first-order chi connectivity index (χ1) is 9.28. The highest BCUT2D eigenvalue weighted by molar-refractivity contribution is 9.10. The molecule has 1 aromatic carbocycles. The third-order valence-corrected chi connectivity index (χ3v) is 6.02. The molecule has 1 aliphatic heterocycles.